The summed E-state index contributed by atoms with van der Waals surface area (Å²) in [5.74, 6) is -1.07. The van der Waals surface area contributed by atoms with Gasteiger partial charge in [0, 0.05) is 22.8 Å². The lowest BCUT2D eigenvalue weighted by Crippen LogP contribution is -2.25. The Labute approximate surface area is 87.8 Å². The second-order valence-corrected chi connectivity index (χ2v) is 4.75. The number of aryl methyl sites for hydroxylation is 1. The van der Waals surface area contributed by atoms with Crippen molar-refractivity contribution in [3.63, 3.8) is 0 Å². The lowest BCUT2D eigenvalue weighted by molar-refractivity contribution is -0.140. The summed E-state index contributed by atoms with van der Waals surface area (Å²) in [6.45, 7) is 5.05. The zero-order chi connectivity index (χ0) is 10.6. The summed E-state index contributed by atoms with van der Waals surface area (Å²) >= 11 is 1.74. The minimum absolute atomic E-state index is 0.323. The number of aliphatic carboxylic acids is 1. The quantitative estimate of drug-likeness (QED) is 0.785. The molecule has 0 amide bonds. The number of carboxylic acid groups (broad SMARTS) is 1. The molecular weight excluding hydrogens is 198 g/mol. The highest BCUT2D eigenvalue weighted by atomic mass is 32.1. The number of carbonyl (C=O) groups is 1. The summed E-state index contributed by atoms with van der Waals surface area (Å²) in [6.07, 6.45) is 0. The van der Waals surface area contributed by atoms with E-state index in [0.717, 1.165) is 6.54 Å². The van der Waals surface area contributed by atoms with Crippen molar-refractivity contribution in [3.05, 3.63) is 21.9 Å². The molecule has 0 fully saturated rings. The minimum atomic E-state index is -0.750. The van der Waals surface area contributed by atoms with Gasteiger partial charge in [0.05, 0.1) is 5.92 Å². The average Bonchev–Trinajstić information content (AvgIpc) is 2.51. The number of rotatable bonds is 5. The van der Waals surface area contributed by atoms with Crippen LogP contribution < -0.4 is 5.32 Å². The summed E-state index contributed by atoms with van der Waals surface area (Å²) in [6, 6.07) is 4.14. The summed E-state index contributed by atoms with van der Waals surface area (Å²) in [4.78, 5) is 13.0. The van der Waals surface area contributed by atoms with E-state index in [-0.39, 0.29) is 5.92 Å². The van der Waals surface area contributed by atoms with Crippen molar-refractivity contribution in [1.82, 2.24) is 5.32 Å². The van der Waals surface area contributed by atoms with Crippen molar-refractivity contribution in [2.24, 2.45) is 5.92 Å². The van der Waals surface area contributed by atoms with Crippen LogP contribution in [0.25, 0.3) is 0 Å². The zero-order valence-electron chi connectivity index (χ0n) is 8.41. The van der Waals surface area contributed by atoms with Gasteiger partial charge < -0.3 is 10.4 Å². The van der Waals surface area contributed by atoms with E-state index in [9.17, 15) is 4.79 Å². The molecule has 78 valence electrons. The van der Waals surface area contributed by atoms with Crippen molar-refractivity contribution >= 4 is 17.3 Å². The minimum Gasteiger partial charge on any atom is -0.481 e. The summed E-state index contributed by atoms with van der Waals surface area (Å²) in [5.41, 5.74) is 0. The van der Waals surface area contributed by atoms with Crippen molar-refractivity contribution in [2.75, 3.05) is 6.54 Å². The van der Waals surface area contributed by atoms with Crippen LogP contribution in [0.15, 0.2) is 12.1 Å². The molecule has 1 heterocycles. The molecule has 0 spiro atoms. The maximum atomic E-state index is 10.5. The molecule has 0 aromatic carbocycles. The third-order valence-electron chi connectivity index (χ3n) is 1.97. The van der Waals surface area contributed by atoms with E-state index in [1.807, 2.05) is 0 Å². The molecule has 3 nitrogen and oxygen atoms in total. The van der Waals surface area contributed by atoms with Gasteiger partial charge in [0.1, 0.15) is 0 Å². The first-order chi connectivity index (χ1) is 6.59. The molecular formula is C10H15NO2S. The smallest absolute Gasteiger partial charge is 0.307 e. The third kappa shape index (κ3) is 3.47. The first-order valence-electron chi connectivity index (χ1n) is 4.58. The Bertz CT molecular complexity index is 309. The highest BCUT2D eigenvalue weighted by Crippen LogP contribution is 2.14. The van der Waals surface area contributed by atoms with Crippen LogP contribution >= 0.6 is 11.3 Å². The van der Waals surface area contributed by atoms with Gasteiger partial charge in [-0.05, 0) is 19.1 Å². The fraction of sp³-hybridized carbons (Fsp3) is 0.500. The van der Waals surface area contributed by atoms with Gasteiger partial charge in [-0.3, -0.25) is 4.79 Å². The Morgan fingerprint density at radius 2 is 2.36 bits per heavy atom. The van der Waals surface area contributed by atoms with E-state index >= 15 is 0 Å². The number of nitrogens with one attached hydrogen (secondary N) is 1. The normalized spacial score (nSPS) is 12.7. The van der Waals surface area contributed by atoms with Crippen LogP contribution in [-0.2, 0) is 11.3 Å². The van der Waals surface area contributed by atoms with E-state index in [2.05, 4.69) is 24.4 Å². The Morgan fingerprint density at radius 1 is 1.64 bits per heavy atom. The Balaban J connectivity index is 2.25. The molecule has 0 aliphatic rings. The first-order valence-corrected chi connectivity index (χ1v) is 5.40. The predicted molar refractivity (Wildman–Crippen MR) is 57.6 cm³/mol. The molecule has 0 aliphatic carbocycles. The molecule has 0 saturated heterocycles. The first kappa shape index (κ1) is 11.2. The highest BCUT2D eigenvalue weighted by molar-refractivity contribution is 7.11. The van der Waals surface area contributed by atoms with Crippen LogP contribution in [0.4, 0.5) is 0 Å². The van der Waals surface area contributed by atoms with Gasteiger partial charge >= 0.3 is 5.97 Å². The summed E-state index contributed by atoms with van der Waals surface area (Å²) in [7, 11) is 0. The Hall–Kier alpha value is -0.870. The number of carboxylic acids is 1. The lowest BCUT2D eigenvalue weighted by Gasteiger charge is -2.06. The van der Waals surface area contributed by atoms with Crippen LogP contribution in [0, 0.1) is 12.8 Å². The second kappa shape index (κ2) is 5.12. The van der Waals surface area contributed by atoms with Gasteiger partial charge in [0.15, 0.2) is 0 Å². The van der Waals surface area contributed by atoms with Crippen molar-refractivity contribution < 1.29 is 9.90 Å². The standard InChI is InChI=1S/C10H15NO2S/c1-7(10(12)13)5-11-6-9-4-3-8(2)14-9/h3-4,7,11H,5-6H2,1-2H3,(H,12,13). The van der Waals surface area contributed by atoms with Crippen LogP contribution in [0.3, 0.4) is 0 Å². The van der Waals surface area contributed by atoms with E-state index in [4.69, 9.17) is 5.11 Å². The molecule has 1 unspecified atom stereocenters. The van der Waals surface area contributed by atoms with Crippen molar-refractivity contribution in [3.8, 4) is 0 Å². The van der Waals surface area contributed by atoms with E-state index in [1.54, 1.807) is 18.3 Å². The number of hydrogen-bond donors (Lipinski definition) is 2. The lowest BCUT2D eigenvalue weighted by atomic mass is 10.2. The molecule has 2 N–H and O–H groups in total. The summed E-state index contributed by atoms with van der Waals surface area (Å²) in [5, 5.41) is 11.8. The topological polar surface area (TPSA) is 49.3 Å². The average molecular weight is 213 g/mol. The molecule has 0 saturated carbocycles. The molecule has 1 rings (SSSR count). The fourth-order valence-corrected chi connectivity index (χ4v) is 1.94. The molecule has 0 aliphatic heterocycles. The van der Waals surface area contributed by atoms with Gasteiger partial charge in [-0.2, -0.15) is 0 Å². The molecule has 0 radical (unpaired) electrons. The van der Waals surface area contributed by atoms with Crippen LogP contribution in [0.1, 0.15) is 16.7 Å². The fourth-order valence-electron chi connectivity index (χ4n) is 1.08. The molecule has 14 heavy (non-hydrogen) atoms. The number of thiophene rings is 1. The van der Waals surface area contributed by atoms with Gasteiger partial charge in [-0.25, -0.2) is 0 Å². The van der Waals surface area contributed by atoms with E-state index < -0.39 is 5.97 Å². The van der Waals surface area contributed by atoms with Gasteiger partial charge in [0.2, 0.25) is 0 Å². The van der Waals surface area contributed by atoms with Crippen LogP contribution in [-0.4, -0.2) is 17.6 Å². The highest BCUT2D eigenvalue weighted by Gasteiger charge is 2.09. The van der Waals surface area contributed by atoms with E-state index in [1.165, 1.54) is 9.75 Å². The van der Waals surface area contributed by atoms with Gasteiger partial charge in [-0.1, -0.05) is 6.92 Å². The molecule has 1 atom stereocenters. The van der Waals surface area contributed by atoms with Crippen LogP contribution in [0.2, 0.25) is 0 Å². The molecule has 1 aromatic rings. The van der Waals surface area contributed by atoms with Crippen molar-refractivity contribution in [1.29, 1.82) is 0 Å². The molecule has 4 heteroatoms. The molecule has 1 aromatic heterocycles. The van der Waals surface area contributed by atoms with Crippen molar-refractivity contribution in [2.45, 2.75) is 20.4 Å². The van der Waals surface area contributed by atoms with E-state index in [0.29, 0.717) is 6.54 Å². The Morgan fingerprint density at radius 3 is 2.86 bits per heavy atom. The molecule has 0 bridgehead atoms. The summed E-state index contributed by atoms with van der Waals surface area (Å²) < 4.78 is 0. The maximum absolute atomic E-state index is 10.5. The maximum Gasteiger partial charge on any atom is 0.307 e. The zero-order valence-corrected chi connectivity index (χ0v) is 9.23. The largest absolute Gasteiger partial charge is 0.481 e. The number of hydrogen-bond acceptors (Lipinski definition) is 3. The second-order valence-electron chi connectivity index (χ2n) is 3.38. The Kier molecular flexibility index (Phi) is 4.10. The van der Waals surface area contributed by atoms with Gasteiger partial charge in [-0.15, -0.1) is 11.3 Å². The monoisotopic (exact) mass is 213 g/mol. The predicted octanol–water partition coefficient (Wildman–Crippen LogP) is 1.87. The van der Waals surface area contributed by atoms with Crippen LogP contribution in [0.5, 0.6) is 0 Å². The third-order valence-corrected chi connectivity index (χ3v) is 2.97. The van der Waals surface area contributed by atoms with Gasteiger partial charge in [0.25, 0.3) is 0 Å². The SMILES string of the molecule is Cc1ccc(CNCC(C)C(=O)O)s1.